The van der Waals surface area contributed by atoms with Gasteiger partial charge >= 0.3 is 0 Å². The molecule has 20 heavy (non-hydrogen) atoms. The predicted octanol–water partition coefficient (Wildman–Crippen LogP) is 4.69. The first-order valence-corrected chi connectivity index (χ1v) is 7.95. The lowest BCUT2D eigenvalue weighted by atomic mass is 10.1. The van der Waals surface area contributed by atoms with Gasteiger partial charge in [-0.25, -0.2) is 0 Å². The van der Waals surface area contributed by atoms with Crippen molar-refractivity contribution in [2.75, 3.05) is 13.1 Å². The monoisotopic (exact) mass is 313 g/mol. The van der Waals surface area contributed by atoms with Crippen LogP contribution in [0.25, 0.3) is 0 Å². The minimum atomic E-state index is 0.124. The van der Waals surface area contributed by atoms with Gasteiger partial charge in [0.25, 0.3) is 0 Å². The van der Waals surface area contributed by atoms with Crippen LogP contribution in [0.5, 0.6) is 0 Å². The molecule has 4 heteroatoms. The fourth-order valence-corrected chi connectivity index (χ4v) is 2.50. The van der Waals surface area contributed by atoms with Crippen molar-refractivity contribution < 1.29 is 4.79 Å². The summed E-state index contributed by atoms with van der Waals surface area (Å²) in [5.74, 6) is 0.788. The van der Waals surface area contributed by atoms with E-state index in [4.69, 9.17) is 23.2 Å². The van der Waals surface area contributed by atoms with Crippen molar-refractivity contribution in [2.24, 2.45) is 5.92 Å². The number of carbonyl (C=O) groups is 1. The predicted molar refractivity (Wildman–Crippen MR) is 84.8 cm³/mol. The fourth-order valence-electron chi connectivity index (χ4n) is 2.20. The van der Waals surface area contributed by atoms with Gasteiger partial charge in [-0.3, -0.25) is 9.69 Å². The Morgan fingerprint density at radius 3 is 2.55 bits per heavy atom. The number of rotatable bonds is 7. The molecule has 0 heterocycles. The van der Waals surface area contributed by atoms with Crippen molar-refractivity contribution >= 4 is 29.0 Å². The summed E-state index contributed by atoms with van der Waals surface area (Å²) >= 11 is 11.9. The standard InChI is InChI=1S/C16H21Cl2NO/c1-11(2)7-8-19(13-4-5-13)10-16(20)12-3-6-14(17)15(18)9-12/h3,6,9,11,13H,4-5,7-8,10H2,1-2H3. The molecule has 0 atom stereocenters. The van der Waals surface area contributed by atoms with Gasteiger partial charge in [0, 0.05) is 11.6 Å². The molecule has 110 valence electrons. The van der Waals surface area contributed by atoms with E-state index in [0.29, 0.717) is 34.1 Å². The van der Waals surface area contributed by atoms with Crippen LogP contribution in [0.3, 0.4) is 0 Å². The number of benzene rings is 1. The summed E-state index contributed by atoms with van der Waals surface area (Å²) in [5, 5.41) is 0.930. The van der Waals surface area contributed by atoms with E-state index in [0.717, 1.165) is 13.0 Å². The zero-order chi connectivity index (χ0) is 14.7. The molecule has 1 aliphatic carbocycles. The number of ketones is 1. The van der Waals surface area contributed by atoms with Gasteiger partial charge in [-0.2, -0.15) is 0 Å². The Balaban J connectivity index is 1.98. The Morgan fingerprint density at radius 1 is 1.30 bits per heavy atom. The van der Waals surface area contributed by atoms with E-state index < -0.39 is 0 Å². The third-order valence-electron chi connectivity index (χ3n) is 3.65. The van der Waals surface area contributed by atoms with Crippen LogP contribution < -0.4 is 0 Å². The molecular weight excluding hydrogens is 293 g/mol. The number of hydrogen-bond acceptors (Lipinski definition) is 2. The Bertz CT molecular complexity index is 483. The van der Waals surface area contributed by atoms with Crippen LogP contribution in [0.2, 0.25) is 10.0 Å². The molecule has 0 radical (unpaired) electrons. The van der Waals surface area contributed by atoms with E-state index >= 15 is 0 Å². The first-order valence-electron chi connectivity index (χ1n) is 7.19. The number of halogens is 2. The van der Waals surface area contributed by atoms with E-state index in [9.17, 15) is 4.79 Å². The molecule has 0 aliphatic heterocycles. The Hall–Kier alpha value is -0.570. The maximum atomic E-state index is 12.4. The zero-order valence-corrected chi connectivity index (χ0v) is 13.5. The van der Waals surface area contributed by atoms with E-state index in [-0.39, 0.29) is 5.78 Å². The molecule has 0 amide bonds. The molecule has 0 bridgehead atoms. The second-order valence-corrected chi connectivity index (χ2v) is 6.75. The third-order valence-corrected chi connectivity index (χ3v) is 4.38. The highest BCUT2D eigenvalue weighted by atomic mass is 35.5. The normalized spacial score (nSPS) is 15.1. The van der Waals surface area contributed by atoms with E-state index in [1.165, 1.54) is 12.8 Å². The highest BCUT2D eigenvalue weighted by molar-refractivity contribution is 6.42. The molecule has 0 saturated heterocycles. The van der Waals surface area contributed by atoms with Gasteiger partial charge in [-0.05, 0) is 49.9 Å². The lowest BCUT2D eigenvalue weighted by molar-refractivity contribution is 0.0920. The SMILES string of the molecule is CC(C)CCN(CC(=O)c1ccc(Cl)c(Cl)c1)C1CC1. The first kappa shape index (κ1) is 15.8. The van der Waals surface area contributed by atoms with Gasteiger partial charge in [-0.1, -0.05) is 37.0 Å². The maximum absolute atomic E-state index is 12.4. The number of hydrogen-bond donors (Lipinski definition) is 0. The van der Waals surface area contributed by atoms with Crippen LogP contribution in [-0.4, -0.2) is 29.8 Å². The van der Waals surface area contributed by atoms with Crippen molar-refractivity contribution in [3.63, 3.8) is 0 Å². The second kappa shape index (κ2) is 6.93. The van der Waals surface area contributed by atoms with Crippen molar-refractivity contribution in [2.45, 2.75) is 39.2 Å². The highest BCUT2D eigenvalue weighted by Gasteiger charge is 2.30. The van der Waals surface area contributed by atoms with E-state index in [1.54, 1.807) is 18.2 Å². The summed E-state index contributed by atoms with van der Waals surface area (Å²) in [5.41, 5.74) is 0.648. The topological polar surface area (TPSA) is 20.3 Å². The molecule has 1 aromatic rings. The van der Waals surface area contributed by atoms with E-state index in [1.807, 2.05) is 0 Å². The molecule has 2 rings (SSSR count). The average Bonchev–Trinajstić information content (AvgIpc) is 3.21. The van der Waals surface area contributed by atoms with Gasteiger partial charge in [0.2, 0.25) is 0 Å². The van der Waals surface area contributed by atoms with Crippen molar-refractivity contribution in [3.05, 3.63) is 33.8 Å². The van der Waals surface area contributed by atoms with Gasteiger partial charge in [0.05, 0.1) is 16.6 Å². The van der Waals surface area contributed by atoms with Crippen LogP contribution in [0, 0.1) is 5.92 Å². The minimum absolute atomic E-state index is 0.124. The zero-order valence-electron chi connectivity index (χ0n) is 12.0. The van der Waals surface area contributed by atoms with Gasteiger partial charge in [0.1, 0.15) is 0 Å². The van der Waals surface area contributed by atoms with Crippen molar-refractivity contribution in [1.29, 1.82) is 0 Å². The lowest BCUT2D eigenvalue weighted by Gasteiger charge is -2.22. The lowest BCUT2D eigenvalue weighted by Crippen LogP contribution is -2.33. The van der Waals surface area contributed by atoms with Crippen LogP contribution in [0.1, 0.15) is 43.5 Å². The molecule has 1 saturated carbocycles. The van der Waals surface area contributed by atoms with Gasteiger partial charge < -0.3 is 0 Å². The Kier molecular flexibility index (Phi) is 5.48. The van der Waals surface area contributed by atoms with E-state index in [2.05, 4.69) is 18.7 Å². The number of nitrogens with zero attached hydrogens (tertiary/aromatic N) is 1. The summed E-state index contributed by atoms with van der Waals surface area (Å²) < 4.78 is 0. The van der Waals surface area contributed by atoms with Crippen LogP contribution in [0.15, 0.2) is 18.2 Å². The molecule has 1 fully saturated rings. The summed E-state index contributed by atoms with van der Waals surface area (Å²) in [6, 6.07) is 5.71. The Labute approximate surface area is 131 Å². The molecule has 0 aromatic heterocycles. The van der Waals surface area contributed by atoms with Crippen LogP contribution in [-0.2, 0) is 0 Å². The number of Topliss-reactive ketones (excluding diaryl/α,β-unsaturated/α-hetero) is 1. The van der Waals surface area contributed by atoms with Crippen molar-refractivity contribution in [3.8, 4) is 0 Å². The fraction of sp³-hybridized carbons (Fsp3) is 0.562. The number of carbonyl (C=O) groups excluding carboxylic acids is 1. The summed E-state index contributed by atoms with van der Waals surface area (Å²) in [6.07, 6.45) is 3.56. The first-order chi connectivity index (χ1) is 9.47. The Morgan fingerprint density at radius 2 is 2.00 bits per heavy atom. The molecule has 0 spiro atoms. The van der Waals surface area contributed by atoms with Gasteiger partial charge in [0.15, 0.2) is 5.78 Å². The minimum Gasteiger partial charge on any atom is -0.293 e. The summed E-state index contributed by atoms with van der Waals surface area (Å²) in [6.45, 7) is 5.91. The molecular formula is C16H21Cl2NO. The average molecular weight is 314 g/mol. The molecule has 0 unspecified atom stereocenters. The van der Waals surface area contributed by atoms with Crippen LogP contribution in [0.4, 0.5) is 0 Å². The smallest absolute Gasteiger partial charge is 0.176 e. The largest absolute Gasteiger partial charge is 0.293 e. The maximum Gasteiger partial charge on any atom is 0.176 e. The van der Waals surface area contributed by atoms with Crippen molar-refractivity contribution in [1.82, 2.24) is 4.90 Å². The molecule has 2 nitrogen and oxygen atoms in total. The molecule has 0 N–H and O–H groups in total. The summed E-state index contributed by atoms with van der Waals surface area (Å²) in [4.78, 5) is 14.7. The third kappa shape index (κ3) is 4.47. The molecule has 1 aromatic carbocycles. The van der Waals surface area contributed by atoms with Gasteiger partial charge in [-0.15, -0.1) is 0 Å². The second-order valence-electron chi connectivity index (χ2n) is 5.94. The summed E-state index contributed by atoms with van der Waals surface area (Å²) in [7, 11) is 0. The van der Waals surface area contributed by atoms with Crippen LogP contribution >= 0.6 is 23.2 Å². The quantitative estimate of drug-likeness (QED) is 0.681. The molecule has 1 aliphatic rings. The highest BCUT2D eigenvalue weighted by Crippen LogP contribution is 2.28.